The van der Waals surface area contributed by atoms with Gasteiger partial charge in [0.25, 0.3) is 0 Å². The van der Waals surface area contributed by atoms with Crippen LogP contribution in [0.5, 0.6) is 0 Å². The van der Waals surface area contributed by atoms with E-state index in [0.717, 1.165) is 29.3 Å². The second-order valence-corrected chi connectivity index (χ2v) is 7.13. The Hall–Kier alpha value is -1.88. The number of hydrogen-bond donors (Lipinski definition) is 2. The molecular weight excluding hydrogens is 306 g/mol. The summed E-state index contributed by atoms with van der Waals surface area (Å²) in [7, 11) is 0. The van der Waals surface area contributed by atoms with Crippen molar-refractivity contribution < 1.29 is 4.79 Å². The van der Waals surface area contributed by atoms with Crippen LogP contribution >= 0.6 is 11.3 Å². The smallest absolute Gasteiger partial charge is 0.224 e. The molecule has 0 aliphatic heterocycles. The number of nitrogens with two attached hydrogens (primary N) is 1. The highest BCUT2D eigenvalue weighted by Crippen LogP contribution is 2.28. The minimum Gasteiger partial charge on any atom is -0.375 e. The van der Waals surface area contributed by atoms with E-state index in [1.165, 1.54) is 43.4 Å². The van der Waals surface area contributed by atoms with Crippen molar-refractivity contribution in [2.24, 2.45) is 5.92 Å². The molecule has 1 aromatic carbocycles. The highest BCUT2D eigenvalue weighted by atomic mass is 32.1. The standard InChI is InChI=1S/C18H23N3OS/c19-18-21-16(12-23-18)14-7-9-15(10-8-14)20-17(22)11-6-13-4-2-1-3-5-13/h7-10,12-13H,1-6,11H2,(H2,19,21)(H,20,22). The van der Waals surface area contributed by atoms with E-state index in [9.17, 15) is 4.79 Å². The van der Waals surface area contributed by atoms with Crippen LogP contribution in [0.3, 0.4) is 0 Å². The van der Waals surface area contributed by atoms with E-state index in [2.05, 4.69) is 10.3 Å². The third kappa shape index (κ3) is 4.55. The first-order valence-corrected chi connectivity index (χ1v) is 9.20. The normalized spacial score (nSPS) is 15.5. The van der Waals surface area contributed by atoms with Crippen LogP contribution in [-0.4, -0.2) is 10.9 Å². The van der Waals surface area contributed by atoms with E-state index < -0.39 is 0 Å². The molecule has 1 aliphatic carbocycles. The average Bonchev–Trinajstić information content (AvgIpc) is 3.01. The number of hydrogen-bond acceptors (Lipinski definition) is 4. The molecule has 122 valence electrons. The largest absolute Gasteiger partial charge is 0.375 e. The summed E-state index contributed by atoms with van der Waals surface area (Å²) in [4.78, 5) is 16.3. The molecule has 2 aromatic rings. The van der Waals surface area contributed by atoms with Gasteiger partial charge in [-0.15, -0.1) is 11.3 Å². The van der Waals surface area contributed by atoms with Crippen molar-refractivity contribution in [3.63, 3.8) is 0 Å². The van der Waals surface area contributed by atoms with Crippen LogP contribution in [0.25, 0.3) is 11.3 Å². The molecule has 0 unspecified atom stereocenters. The Kier molecular flexibility index (Phi) is 5.28. The van der Waals surface area contributed by atoms with Gasteiger partial charge in [-0.25, -0.2) is 4.98 Å². The molecule has 1 aromatic heterocycles. The molecule has 5 heteroatoms. The van der Waals surface area contributed by atoms with E-state index in [-0.39, 0.29) is 5.91 Å². The van der Waals surface area contributed by atoms with Gasteiger partial charge in [0.15, 0.2) is 5.13 Å². The van der Waals surface area contributed by atoms with Gasteiger partial charge in [0.1, 0.15) is 0 Å². The fourth-order valence-corrected chi connectivity index (χ4v) is 3.75. The summed E-state index contributed by atoms with van der Waals surface area (Å²) in [6.45, 7) is 0. The maximum absolute atomic E-state index is 12.1. The summed E-state index contributed by atoms with van der Waals surface area (Å²) < 4.78 is 0. The quantitative estimate of drug-likeness (QED) is 0.836. The first-order chi connectivity index (χ1) is 11.2. The number of nitrogen functional groups attached to an aromatic ring is 1. The minimum absolute atomic E-state index is 0.112. The van der Waals surface area contributed by atoms with E-state index in [1.54, 1.807) is 0 Å². The summed E-state index contributed by atoms with van der Waals surface area (Å²) in [6.07, 6.45) is 8.23. The van der Waals surface area contributed by atoms with Gasteiger partial charge in [0.2, 0.25) is 5.91 Å². The maximum atomic E-state index is 12.1. The number of benzene rings is 1. The fourth-order valence-electron chi connectivity index (χ4n) is 3.18. The molecule has 1 amide bonds. The summed E-state index contributed by atoms with van der Waals surface area (Å²) >= 11 is 1.43. The van der Waals surface area contributed by atoms with Gasteiger partial charge < -0.3 is 11.1 Å². The van der Waals surface area contributed by atoms with Crippen molar-refractivity contribution in [1.82, 2.24) is 4.98 Å². The number of aromatic nitrogens is 1. The summed E-state index contributed by atoms with van der Waals surface area (Å²) in [5.41, 5.74) is 8.39. The highest BCUT2D eigenvalue weighted by Gasteiger charge is 2.14. The lowest BCUT2D eigenvalue weighted by molar-refractivity contribution is -0.116. The van der Waals surface area contributed by atoms with E-state index in [4.69, 9.17) is 5.73 Å². The van der Waals surface area contributed by atoms with Crippen LogP contribution in [-0.2, 0) is 4.79 Å². The molecule has 3 rings (SSSR count). The lowest BCUT2D eigenvalue weighted by Crippen LogP contribution is -2.14. The lowest BCUT2D eigenvalue weighted by atomic mass is 9.86. The van der Waals surface area contributed by atoms with Crippen molar-refractivity contribution in [1.29, 1.82) is 0 Å². The summed E-state index contributed by atoms with van der Waals surface area (Å²) in [5.74, 6) is 0.855. The molecule has 3 N–H and O–H groups in total. The number of nitrogens with one attached hydrogen (secondary N) is 1. The van der Waals surface area contributed by atoms with Gasteiger partial charge in [-0.3, -0.25) is 4.79 Å². The molecule has 23 heavy (non-hydrogen) atoms. The van der Waals surface area contributed by atoms with Crippen molar-refractivity contribution in [3.05, 3.63) is 29.6 Å². The third-order valence-corrected chi connectivity index (χ3v) is 5.16. The number of carbonyl (C=O) groups is 1. The number of anilines is 2. The zero-order valence-electron chi connectivity index (χ0n) is 13.3. The molecular formula is C18H23N3OS. The van der Waals surface area contributed by atoms with Crippen molar-refractivity contribution in [3.8, 4) is 11.3 Å². The molecule has 4 nitrogen and oxygen atoms in total. The van der Waals surface area contributed by atoms with Crippen molar-refractivity contribution in [2.45, 2.75) is 44.9 Å². The number of nitrogens with zero attached hydrogens (tertiary/aromatic N) is 1. The number of amides is 1. The average molecular weight is 329 g/mol. The van der Waals surface area contributed by atoms with Crippen LogP contribution in [0.1, 0.15) is 44.9 Å². The number of carbonyl (C=O) groups excluding carboxylic acids is 1. The van der Waals surface area contributed by atoms with Crippen LogP contribution in [0, 0.1) is 5.92 Å². The Labute approximate surface area is 141 Å². The van der Waals surface area contributed by atoms with Crippen LogP contribution in [0.15, 0.2) is 29.6 Å². The SMILES string of the molecule is Nc1nc(-c2ccc(NC(=O)CCC3CCCCC3)cc2)cs1. The lowest BCUT2D eigenvalue weighted by Gasteiger charge is -2.21. The molecule has 0 bridgehead atoms. The Morgan fingerprint density at radius 3 is 2.61 bits per heavy atom. The zero-order chi connectivity index (χ0) is 16.1. The predicted molar refractivity (Wildman–Crippen MR) is 96.4 cm³/mol. The molecule has 1 aliphatic rings. The Bertz CT molecular complexity index is 645. The monoisotopic (exact) mass is 329 g/mol. The van der Waals surface area contributed by atoms with Gasteiger partial charge in [0, 0.05) is 23.1 Å². The molecule has 0 spiro atoms. The van der Waals surface area contributed by atoms with Crippen molar-refractivity contribution >= 4 is 28.1 Å². The van der Waals surface area contributed by atoms with Gasteiger partial charge in [-0.2, -0.15) is 0 Å². The zero-order valence-corrected chi connectivity index (χ0v) is 14.1. The molecule has 0 atom stereocenters. The van der Waals surface area contributed by atoms with E-state index in [1.807, 2.05) is 29.6 Å². The van der Waals surface area contributed by atoms with Crippen molar-refractivity contribution in [2.75, 3.05) is 11.1 Å². The number of rotatable bonds is 5. The molecule has 0 radical (unpaired) electrons. The number of thiazole rings is 1. The second kappa shape index (κ2) is 7.59. The Morgan fingerprint density at radius 1 is 1.22 bits per heavy atom. The predicted octanol–water partition coefficient (Wildman–Crippen LogP) is 4.69. The van der Waals surface area contributed by atoms with Crippen LogP contribution in [0.2, 0.25) is 0 Å². The minimum atomic E-state index is 0.112. The highest BCUT2D eigenvalue weighted by molar-refractivity contribution is 7.13. The van der Waals surface area contributed by atoms with Gasteiger partial charge in [-0.05, 0) is 24.5 Å². The third-order valence-electron chi connectivity index (χ3n) is 4.49. The Balaban J connectivity index is 1.50. The first kappa shape index (κ1) is 16.0. The molecule has 1 heterocycles. The van der Waals surface area contributed by atoms with Gasteiger partial charge >= 0.3 is 0 Å². The first-order valence-electron chi connectivity index (χ1n) is 8.32. The van der Waals surface area contributed by atoms with Crippen LogP contribution < -0.4 is 11.1 Å². The molecule has 0 saturated heterocycles. The maximum Gasteiger partial charge on any atom is 0.224 e. The Morgan fingerprint density at radius 2 is 1.96 bits per heavy atom. The second-order valence-electron chi connectivity index (χ2n) is 6.24. The molecule has 1 fully saturated rings. The van der Waals surface area contributed by atoms with Crippen LogP contribution in [0.4, 0.5) is 10.8 Å². The van der Waals surface area contributed by atoms with E-state index in [0.29, 0.717) is 11.6 Å². The van der Waals surface area contributed by atoms with E-state index >= 15 is 0 Å². The topological polar surface area (TPSA) is 68.0 Å². The summed E-state index contributed by atoms with van der Waals surface area (Å²) in [5, 5.41) is 5.49. The van der Waals surface area contributed by atoms with Gasteiger partial charge in [-0.1, -0.05) is 44.2 Å². The fraction of sp³-hybridized carbons (Fsp3) is 0.444. The summed E-state index contributed by atoms with van der Waals surface area (Å²) in [6, 6.07) is 7.77. The van der Waals surface area contributed by atoms with Gasteiger partial charge in [0.05, 0.1) is 5.69 Å². The molecule has 1 saturated carbocycles.